The summed E-state index contributed by atoms with van der Waals surface area (Å²) in [4.78, 5) is 0. The van der Waals surface area contributed by atoms with Crippen LogP contribution in [0, 0.1) is 0 Å². The van der Waals surface area contributed by atoms with Crippen LogP contribution < -0.4 is 9.03 Å². The Morgan fingerprint density at radius 1 is 1.33 bits per heavy atom. The lowest BCUT2D eigenvalue weighted by Gasteiger charge is -2.33. The fourth-order valence-electron chi connectivity index (χ4n) is 1.80. The van der Waals surface area contributed by atoms with E-state index in [1.54, 1.807) is 0 Å². The molecule has 82 valence electrons. The second-order valence-electron chi connectivity index (χ2n) is 3.84. The molecule has 1 N–H and O–H groups in total. The maximum absolute atomic E-state index is 11.8. The molecular weight excluding hydrogens is 212 g/mol. The first-order chi connectivity index (χ1) is 7.02. The predicted octanol–water partition coefficient (Wildman–Crippen LogP) is 1.25. The summed E-state index contributed by atoms with van der Waals surface area (Å²) in [7, 11) is -3.35. The van der Waals surface area contributed by atoms with Gasteiger partial charge in [0.15, 0.2) is 0 Å². The lowest BCUT2D eigenvalue weighted by atomic mass is 10.1. The summed E-state index contributed by atoms with van der Waals surface area (Å²) in [6, 6.07) is 7.47. The highest BCUT2D eigenvalue weighted by Gasteiger charge is 2.30. The third kappa shape index (κ3) is 1.72. The molecule has 1 aromatic carbocycles. The minimum atomic E-state index is -3.35. The Morgan fingerprint density at radius 3 is 2.67 bits per heavy atom. The van der Waals surface area contributed by atoms with Crippen molar-refractivity contribution in [1.29, 1.82) is 0 Å². The van der Waals surface area contributed by atoms with E-state index in [0.29, 0.717) is 6.54 Å². The summed E-state index contributed by atoms with van der Waals surface area (Å²) in [6.07, 6.45) is 0. The zero-order valence-electron chi connectivity index (χ0n) is 8.77. The summed E-state index contributed by atoms with van der Waals surface area (Å²) in [5.41, 5.74) is 1.80. The van der Waals surface area contributed by atoms with Crippen molar-refractivity contribution in [3.8, 4) is 0 Å². The molecular formula is C10H14N2O2S. The molecule has 1 aromatic rings. The van der Waals surface area contributed by atoms with Gasteiger partial charge in [0.25, 0.3) is 0 Å². The fourth-order valence-corrected chi connectivity index (χ4v) is 3.27. The van der Waals surface area contributed by atoms with E-state index >= 15 is 0 Å². The molecule has 0 saturated heterocycles. The van der Waals surface area contributed by atoms with E-state index in [2.05, 4.69) is 4.72 Å². The first kappa shape index (κ1) is 10.4. The van der Waals surface area contributed by atoms with Crippen molar-refractivity contribution < 1.29 is 8.42 Å². The minimum Gasteiger partial charge on any atom is -0.255 e. The summed E-state index contributed by atoms with van der Waals surface area (Å²) >= 11 is 0. The SMILES string of the molecule is CC(C)N1c2ccccc2CNS1(=O)=O. The number of hydrogen-bond acceptors (Lipinski definition) is 2. The number of hydrogen-bond donors (Lipinski definition) is 1. The number of benzene rings is 1. The van der Waals surface area contributed by atoms with E-state index in [9.17, 15) is 8.42 Å². The molecule has 0 bridgehead atoms. The van der Waals surface area contributed by atoms with Gasteiger partial charge in [-0.1, -0.05) is 18.2 Å². The van der Waals surface area contributed by atoms with E-state index in [1.807, 2.05) is 38.1 Å². The van der Waals surface area contributed by atoms with Gasteiger partial charge in [0.05, 0.1) is 5.69 Å². The second-order valence-corrected chi connectivity index (χ2v) is 5.48. The van der Waals surface area contributed by atoms with Gasteiger partial charge in [0.2, 0.25) is 0 Å². The lowest BCUT2D eigenvalue weighted by Crippen LogP contribution is -2.48. The summed E-state index contributed by atoms with van der Waals surface area (Å²) < 4.78 is 27.6. The van der Waals surface area contributed by atoms with Crippen molar-refractivity contribution in [1.82, 2.24) is 4.72 Å². The largest absolute Gasteiger partial charge is 0.302 e. The quantitative estimate of drug-likeness (QED) is 0.783. The smallest absolute Gasteiger partial charge is 0.255 e. The van der Waals surface area contributed by atoms with Gasteiger partial charge >= 0.3 is 10.2 Å². The van der Waals surface area contributed by atoms with Crippen LogP contribution in [0.5, 0.6) is 0 Å². The summed E-state index contributed by atoms with van der Waals surface area (Å²) in [5, 5.41) is 0. The topological polar surface area (TPSA) is 49.4 Å². The van der Waals surface area contributed by atoms with Gasteiger partial charge in [-0.3, -0.25) is 4.31 Å². The average molecular weight is 226 g/mol. The number of rotatable bonds is 1. The van der Waals surface area contributed by atoms with Crippen LogP contribution in [0.4, 0.5) is 5.69 Å². The molecule has 0 amide bonds. The Hall–Kier alpha value is -1.07. The molecule has 1 aliphatic rings. The number of fused-ring (bicyclic) bond motifs is 1. The molecule has 4 nitrogen and oxygen atoms in total. The van der Waals surface area contributed by atoms with Crippen molar-refractivity contribution in [2.24, 2.45) is 0 Å². The normalized spacial score (nSPS) is 19.0. The van der Waals surface area contributed by atoms with Gasteiger partial charge in [0.1, 0.15) is 0 Å². The summed E-state index contributed by atoms with van der Waals surface area (Å²) in [5.74, 6) is 0. The van der Waals surface area contributed by atoms with Crippen molar-refractivity contribution in [3.05, 3.63) is 29.8 Å². The Kier molecular flexibility index (Phi) is 2.44. The zero-order chi connectivity index (χ0) is 11.1. The van der Waals surface area contributed by atoms with Crippen LogP contribution in [-0.4, -0.2) is 14.5 Å². The molecule has 5 heteroatoms. The lowest BCUT2D eigenvalue weighted by molar-refractivity contribution is 0.564. The van der Waals surface area contributed by atoms with Crippen LogP contribution >= 0.6 is 0 Å². The molecule has 0 saturated carbocycles. The molecule has 0 spiro atoms. The van der Waals surface area contributed by atoms with Crippen LogP contribution in [0.15, 0.2) is 24.3 Å². The molecule has 0 aliphatic carbocycles. The van der Waals surface area contributed by atoms with E-state index in [4.69, 9.17) is 0 Å². The van der Waals surface area contributed by atoms with Crippen LogP contribution in [0.2, 0.25) is 0 Å². The molecule has 0 aromatic heterocycles. The number of nitrogens with one attached hydrogen (secondary N) is 1. The second kappa shape index (κ2) is 3.50. The van der Waals surface area contributed by atoms with Crippen LogP contribution in [0.1, 0.15) is 19.4 Å². The van der Waals surface area contributed by atoms with E-state index in [1.165, 1.54) is 4.31 Å². The Labute approximate surface area is 90.1 Å². The van der Waals surface area contributed by atoms with Gasteiger partial charge in [-0.15, -0.1) is 0 Å². The van der Waals surface area contributed by atoms with Gasteiger partial charge in [0, 0.05) is 12.6 Å². The van der Waals surface area contributed by atoms with Crippen LogP contribution in [0.25, 0.3) is 0 Å². The number of anilines is 1. The van der Waals surface area contributed by atoms with Gasteiger partial charge in [-0.25, -0.2) is 0 Å². The molecule has 0 fully saturated rings. The van der Waals surface area contributed by atoms with Gasteiger partial charge < -0.3 is 0 Å². The highest BCUT2D eigenvalue weighted by molar-refractivity contribution is 7.91. The minimum absolute atomic E-state index is 0.0797. The van der Waals surface area contributed by atoms with Crippen molar-refractivity contribution >= 4 is 15.9 Å². The van der Waals surface area contributed by atoms with Gasteiger partial charge in [-0.05, 0) is 25.5 Å². The Bertz CT molecular complexity index is 468. The van der Waals surface area contributed by atoms with Crippen molar-refractivity contribution in [3.63, 3.8) is 0 Å². The highest BCUT2D eigenvalue weighted by Crippen LogP contribution is 2.28. The Balaban J connectivity index is 2.58. The number of nitrogens with zero attached hydrogens (tertiary/aromatic N) is 1. The fraction of sp³-hybridized carbons (Fsp3) is 0.400. The van der Waals surface area contributed by atoms with E-state index < -0.39 is 10.2 Å². The molecule has 1 heterocycles. The third-order valence-corrected chi connectivity index (χ3v) is 4.05. The van der Waals surface area contributed by atoms with Crippen molar-refractivity contribution in [2.45, 2.75) is 26.4 Å². The van der Waals surface area contributed by atoms with Crippen LogP contribution in [-0.2, 0) is 16.8 Å². The van der Waals surface area contributed by atoms with E-state index in [0.717, 1.165) is 11.3 Å². The van der Waals surface area contributed by atoms with Crippen LogP contribution in [0.3, 0.4) is 0 Å². The molecule has 0 unspecified atom stereocenters. The third-order valence-electron chi connectivity index (χ3n) is 2.40. The molecule has 1 aliphatic heterocycles. The first-order valence-electron chi connectivity index (χ1n) is 4.89. The molecule has 2 rings (SSSR count). The molecule has 15 heavy (non-hydrogen) atoms. The average Bonchev–Trinajstić information content (AvgIpc) is 2.15. The maximum atomic E-state index is 11.8. The van der Waals surface area contributed by atoms with Gasteiger partial charge in [-0.2, -0.15) is 13.1 Å². The Morgan fingerprint density at radius 2 is 2.00 bits per heavy atom. The van der Waals surface area contributed by atoms with Crippen molar-refractivity contribution in [2.75, 3.05) is 4.31 Å². The highest BCUT2D eigenvalue weighted by atomic mass is 32.2. The van der Waals surface area contributed by atoms with E-state index in [-0.39, 0.29) is 6.04 Å². The maximum Gasteiger partial charge on any atom is 0.302 e. The monoisotopic (exact) mass is 226 g/mol. The first-order valence-corrected chi connectivity index (χ1v) is 6.33. The number of para-hydroxylation sites is 1. The molecule has 0 radical (unpaired) electrons. The standard InChI is InChI=1S/C10H14N2O2S/c1-8(2)12-10-6-4-3-5-9(10)7-11-15(12,13)14/h3-6,8,11H,7H2,1-2H3. The molecule has 0 atom stereocenters. The zero-order valence-corrected chi connectivity index (χ0v) is 9.58. The summed E-state index contributed by atoms with van der Waals surface area (Å²) in [6.45, 7) is 4.10. The predicted molar refractivity (Wildman–Crippen MR) is 59.8 cm³/mol.